The summed E-state index contributed by atoms with van der Waals surface area (Å²) in [4.78, 5) is 24.4. The monoisotopic (exact) mass is 463 g/mol. The summed E-state index contributed by atoms with van der Waals surface area (Å²) in [6.45, 7) is 0.701. The number of benzene rings is 2. The Kier molecular flexibility index (Phi) is 5.92. The van der Waals surface area contributed by atoms with Crippen LogP contribution in [-0.2, 0) is 28.4 Å². The molecule has 0 saturated carbocycles. The van der Waals surface area contributed by atoms with Gasteiger partial charge in [-0.3, -0.25) is 9.36 Å². The molecule has 0 aliphatic carbocycles. The number of hydrogen-bond acceptors (Lipinski definition) is 5. The van der Waals surface area contributed by atoms with Gasteiger partial charge in [-0.1, -0.05) is 29.8 Å². The second-order valence-corrected chi connectivity index (χ2v) is 9.91. The van der Waals surface area contributed by atoms with Gasteiger partial charge < -0.3 is 9.73 Å². The van der Waals surface area contributed by atoms with Gasteiger partial charge in [0.25, 0.3) is 0 Å². The minimum Gasteiger partial charge on any atom is -0.408 e. The molecule has 0 radical (unpaired) electrons. The molecule has 10 heteroatoms. The van der Waals surface area contributed by atoms with E-state index in [-0.39, 0.29) is 29.5 Å². The van der Waals surface area contributed by atoms with Crippen molar-refractivity contribution in [3.05, 3.63) is 63.6 Å². The number of amides is 1. The maximum absolute atomic E-state index is 13.2. The van der Waals surface area contributed by atoms with Crippen LogP contribution in [0.2, 0.25) is 5.02 Å². The number of piperidine rings is 1. The predicted octanol–water partition coefficient (Wildman–Crippen LogP) is 2.50. The first kappa shape index (κ1) is 21.6. The van der Waals surface area contributed by atoms with Crippen LogP contribution in [0, 0.1) is 5.92 Å². The van der Waals surface area contributed by atoms with Crippen LogP contribution in [0.1, 0.15) is 18.4 Å². The van der Waals surface area contributed by atoms with Crippen molar-refractivity contribution in [2.24, 2.45) is 13.0 Å². The molecule has 3 aromatic rings. The zero-order valence-corrected chi connectivity index (χ0v) is 18.4. The van der Waals surface area contributed by atoms with Gasteiger partial charge in [-0.05, 0) is 36.6 Å². The molecule has 164 valence electrons. The quantitative estimate of drug-likeness (QED) is 0.626. The first-order valence-electron chi connectivity index (χ1n) is 9.88. The molecule has 1 fully saturated rings. The number of aryl methyl sites for hydroxylation is 1. The molecule has 0 bridgehead atoms. The second kappa shape index (κ2) is 8.49. The second-order valence-electron chi connectivity index (χ2n) is 7.57. The van der Waals surface area contributed by atoms with E-state index in [0.717, 1.165) is 5.56 Å². The summed E-state index contributed by atoms with van der Waals surface area (Å²) in [5, 5.41) is 3.43. The van der Waals surface area contributed by atoms with E-state index in [1.807, 2.05) is 18.2 Å². The van der Waals surface area contributed by atoms with Gasteiger partial charge in [-0.15, -0.1) is 0 Å². The van der Waals surface area contributed by atoms with Gasteiger partial charge in [-0.2, -0.15) is 4.31 Å². The minimum atomic E-state index is -3.84. The normalized spacial score (nSPS) is 17.7. The van der Waals surface area contributed by atoms with Crippen molar-refractivity contribution in [1.82, 2.24) is 14.2 Å². The fourth-order valence-electron chi connectivity index (χ4n) is 3.77. The number of oxazole rings is 1. The zero-order chi connectivity index (χ0) is 22.2. The lowest BCUT2D eigenvalue weighted by Gasteiger charge is -2.31. The third-order valence-corrected chi connectivity index (χ3v) is 7.80. The van der Waals surface area contributed by atoms with Crippen LogP contribution in [-0.4, -0.2) is 36.3 Å². The van der Waals surface area contributed by atoms with E-state index in [0.29, 0.717) is 29.9 Å². The smallest absolute Gasteiger partial charge is 0.408 e. The highest BCUT2D eigenvalue weighted by Crippen LogP contribution is 2.26. The summed E-state index contributed by atoms with van der Waals surface area (Å²) in [5.74, 6) is -1.22. The van der Waals surface area contributed by atoms with Gasteiger partial charge in [0.1, 0.15) is 0 Å². The molecular formula is C21H22ClN3O5S. The highest BCUT2D eigenvalue weighted by atomic mass is 35.5. The van der Waals surface area contributed by atoms with E-state index in [1.165, 1.54) is 21.0 Å². The number of rotatable bonds is 5. The van der Waals surface area contributed by atoms with Gasteiger partial charge in [0.2, 0.25) is 15.9 Å². The Morgan fingerprint density at radius 1 is 1.26 bits per heavy atom. The molecule has 0 unspecified atom stereocenters. The van der Waals surface area contributed by atoms with E-state index in [4.69, 9.17) is 16.0 Å². The van der Waals surface area contributed by atoms with E-state index < -0.39 is 21.7 Å². The van der Waals surface area contributed by atoms with Gasteiger partial charge in [0.05, 0.1) is 16.3 Å². The lowest BCUT2D eigenvalue weighted by molar-refractivity contribution is -0.126. The van der Waals surface area contributed by atoms with Gasteiger partial charge in [0.15, 0.2) is 5.58 Å². The molecule has 0 spiro atoms. The molecule has 1 aliphatic rings. The zero-order valence-electron chi connectivity index (χ0n) is 16.9. The Balaban J connectivity index is 1.49. The molecule has 2 aromatic carbocycles. The number of fused-ring (bicyclic) bond motifs is 1. The van der Waals surface area contributed by atoms with Gasteiger partial charge >= 0.3 is 5.76 Å². The molecule has 8 nitrogen and oxygen atoms in total. The largest absolute Gasteiger partial charge is 0.419 e. The average Bonchev–Trinajstić information content (AvgIpc) is 3.06. The lowest BCUT2D eigenvalue weighted by Crippen LogP contribution is -2.45. The Hall–Kier alpha value is -2.62. The van der Waals surface area contributed by atoms with E-state index in [1.54, 1.807) is 19.2 Å². The van der Waals surface area contributed by atoms with E-state index in [2.05, 4.69) is 5.32 Å². The molecule has 31 heavy (non-hydrogen) atoms. The Morgan fingerprint density at radius 3 is 2.81 bits per heavy atom. The number of sulfonamides is 1. The van der Waals surface area contributed by atoms with E-state index in [9.17, 15) is 18.0 Å². The van der Waals surface area contributed by atoms with Crippen molar-refractivity contribution in [2.45, 2.75) is 24.3 Å². The third kappa shape index (κ3) is 4.26. The molecule has 1 aliphatic heterocycles. The Labute approximate surface area is 184 Å². The van der Waals surface area contributed by atoms with Crippen molar-refractivity contribution in [2.75, 3.05) is 13.1 Å². The van der Waals surface area contributed by atoms with Crippen molar-refractivity contribution in [3.63, 3.8) is 0 Å². The molecule has 1 N–H and O–H groups in total. The predicted molar refractivity (Wildman–Crippen MR) is 116 cm³/mol. The SMILES string of the molecule is Cn1c(=O)oc2cc(S(=O)(=O)N3CCC[C@H](C(=O)NCc4ccccc4Cl)C3)ccc21. The molecule has 2 heterocycles. The molecule has 1 amide bonds. The molecule has 1 aromatic heterocycles. The highest BCUT2D eigenvalue weighted by molar-refractivity contribution is 7.89. The summed E-state index contributed by atoms with van der Waals surface area (Å²) in [7, 11) is -2.28. The number of aromatic nitrogens is 1. The number of nitrogens with one attached hydrogen (secondary N) is 1. The summed E-state index contributed by atoms with van der Waals surface area (Å²) in [6, 6.07) is 11.6. The van der Waals surface area contributed by atoms with Crippen molar-refractivity contribution >= 4 is 38.6 Å². The van der Waals surface area contributed by atoms with Crippen LogP contribution in [0.4, 0.5) is 0 Å². The summed E-state index contributed by atoms with van der Waals surface area (Å²) < 4.78 is 34.1. The van der Waals surface area contributed by atoms with Crippen LogP contribution in [0.5, 0.6) is 0 Å². The van der Waals surface area contributed by atoms with Crippen LogP contribution >= 0.6 is 11.6 Å². The average molecular weight is 464 g/mol. The van der Waals surface area contributed by atoms with Crippen molar-refractivity contribution in [3.8, 4) is 0 Å². The highest BCUT2D eigenvalue weighted by Gasteiger charge is 2.33. The van der Waals surface area contributed by atoms with Crippen LogP contribution in [0.3, 0.4) is 0 Å². The standard InChI is InChI=1S/C21H22ClN3O5S/c1-24-18-9-8-16(11-19(18)30-21(24)27)31(28,29)25-10-4-6-15(13-25)20(26)23-12-14-5-2-3-7-17(14)22/h2-3,5,7-9,11,15H,4,6,10,12-13H2,1H3,(H,23,26)/t15-/m0/s1. The van der Waals surface area contributed by atoms with Crippen LogP contribution < -0.4 is 11.1 Å². The number of nitrogens with zero attached hydrogens (tertiary/aromatic N) is 2. The summed E-state index contributed by atoms with van der Waals surface area (Å²) >= 11 is 6.13. The lowest BCUT2D eigenvalue weighted by atomic mass is 9.99. The van der Waals surface area contributed by atoms with E-state index >= 15 is 0 Å². The fourth-order valence-corrected chi connectivity index (χ4v) is 5.51. The van der Waals surface area contributed by atoms with Gasteiger partial charge in [-0.25, -0.2) is 13.2 Å². The topological polar surface area (TPSA) is 102 Å². The minimum absolute atomic E-state index is 0.0338. The molecule has 1 atom stereocenters. The Bertz CT molecular complexity index is 1300. The van der Waals surface area contributed by atoms with Crippen LogP contribution in [0.25, 0.3) is 11.1 Å². The maximum atomic E-state index is 13.2. The number of carbonyl (C=O) groups is 1. The van der Waals surface area contributed by atoms with Gasteiger partial charge in [0, 0.05) is 37.8 Å². The Morgan fingerprint density at radius 2 is 2.03 bits per heavy atom. The van der Waals surface area contributed by atoms with Crippen LogP contribution in [0.15, 0.2) is 56.6 Å². The fraction of sp³-hybridized carbons (Fsp3) is 0.333. The third-order valence-electron chi connectivity index (χ3n) is 5.57. The summed E-state index contributed by atoms with van der Waals surface area (Å²) in [5.41, 5.74) is 1.52. The first-order chi connectivity index (χ1) is 14.8. The van der Waals surface area contributed by atoms with Crippen molar-refractivity contribution in [1.29, 1.82) is 0 Å². The number of hydrogen-bond donors (Lipinski definition) is 1. The molecule has 4 rings (SSSR count). The molecule has 1 saturated heterocycles. The summed E-state index contributed by atoms with van der Waals surface area (Å²) in [6.07, 6.45) is 1.18. The molecular weight excluding hydrogens is 442 g/mol. The number of carbonyl (C=O) groups excluding carboxylic acids is 1. The first-order valence-corrected chi connectivity index (χ1v) is 11.7. The van der Waals surface area contributed by atoms with Crippen molar-refractivity contribution < 1.29 is 17.6 Å². The maximum Gasteiger partial charge on any atom is 0.419 e. The number of halogens is 1.